The monoisotopic (exact) mass is 333 g/mol. The van der Waals surface area contributed by atoms with Crippen molar-refractivity contribution in [3.8, 4) is 0 Å². The van der Waals surface area contributed by atoms with Crippen LogP contribution in [-0.4, -0.2) is 18.4 Å². The molecule has 0 atom stereocenters. The number of hydrogen-bond acceptors (Lipinski definition) is 4. The van der Waals surface area contributed by atoms with E-state index in [0.717, 1.165) is 4.47 Å². The van der Waals surface area contributed by atoms with Gasteiger partial charge in [-0.15, -0.1) is 0 Å². The van der Waals surface area contributed by atoms with Crippen LogP contribution in [0.25, 0.3) is 0 Å². The van der Waals surface area contributed by atoms with E-state index in [1.54, 1.807) is 48.5 Å². The predicted molar refractivity (Wildman–Crippen MR) is 79.6 cm³/mol. The third kappa shape index (κ3) is 3.68. The molecule has 0 fully saturated rings. The molecule has 0 saturated carbocycles. The minimum Gasteiger partial charge on any atom is -0.454 e. The number of anilines is 1. The van der Waals surface area contributed by atoms with E-state index in [2.05, 4.69) is 15.9 Å². The Hall–Kier alpha value is -2.14. The van der Waals surface area contributed by atoms with Crippen LogP contribution in [0.1, 0.15) is 20.7 Å². The van der Waals surface area contributed by atoms with Crippen LogP contribution in [0.4, 0.5) is 5.69 Å². The van der Waals surface area contributed by atoms with E-state index in [-0.39, 0.29) is 12.4 Å². The van der Waals surface area contributed by atoms with Crippen molar-refractivity contribution in [2.24, 2.45) is 0 Å². The summed E-state index contributed by atoms with van der Waals surface area (Å²) in [6.07, 6.45) is 0. The molecule has 0 aliphatic carbocycles. The summed E-state index contributed by atoms with van der Waals surface area (Å²) in [7, 11) is 0. The van der Waals surface area contributed by atoms with Gasteiger partial charge < -0.3 is 10.5 Å². The van der Waals surface area contributed by atoms with Crippen molar-refractivity contribution in [2.45, 2.75) is 0 Å². The molecule has 20 heavy (non-hydrogen) atoms. The number of nitrogens with two attached hydrogens (primary N) is 1. The number of Topliss-reactive ketones (excluding diaryl/α,β-unsaturated/α-hetero) is 1. The maximum atomic E-state index is 11.8. The Balaban J connectivity index is 1.94. The number of carbonyl (C=O) groups is 2. The van der Waals surface area contributed by atoms with Gasteiger partial charge in [-0.1, -0.05) is 28.1 Å². The maximum Gasteiger partial charge on any atom is 0.338 e. The van der Waals surface area contributed by atoms with E-state index >= 15 is 0 Å². The van der Waals surface area contributed by atoms with Gasteiger partial charge in [-0.05, 0) is 36.4 Å². The van der Waals surface area contributed by atoms with Crippen molar-refractivity contribution in [1.29, 1.82) is 0 Å². The third-order valence-corrected chi connectivity index (χ3v) is 3.18. The number of benzene rings is 2. The lowest BCUT2D eigenvalue weighted by Crippen LogP contribution is -2.14. The third-order valence-electron chi connectivity index (χ3n) is 2.65. The van der Waals surface area contributed by atoms with Gasteiger partial charge in [0, 0.05) is 15.7 Å². The zero-order valence-electron chi connectivity index (χ0n) is 10.5. The summed E-state index contributed by atoms with van der Waals surface area (Å²) in [5.74, 6) is -0.795. The Kier molecular flexibility index (Phi) is 4.53. The molecule has 4 nitrogen and oxygen atoms in total. The summed E-state index contributed by atoms with van der Waals surface area (Å²) in [5.41, 5.74) is 6.95. The average molecular weight is 334 g/mol. The Morgan fingerprint density at radius 3 is 2.10 bits per heavy atom. The number of carbonyl (C=O) groups excluding carboxylic acids is 2. The molecule has 0 aliphatic heterocycles. The van der Waals surface area contributed by atoms with E-state index in [1.807, 2.05) is 0 Å². The average Bonchev–Trinajstić information content (AvgIpc) is 2.46. The molecule has 102 valence electrons. The zero-order valence-corrected chi connectivity index (χ0v) is 12.1. The van der Waals surface area contributed by atoms with E-state index < -0.39 is 5.97 Å². The molecule has 0 spiro atoms. The van der Waals surface area contributed by atoms with Gasteiger partial charge >= 0.3 is 5.97 Å². The zero-order chi connectivity index (χ0) is 14.5. The Morgan fingerprint density at radius 2 is 1.50 bits per heavy atom. The number of rotatable bonds is 4. The number of nitrogen functional groups attached to an aromatic ring is 1. The number of halogens is 1. The molecule has 5 heteroatoms. The van der Waals surface area contributed by atoms with Crippen LogP contribution in [0.2, 0.25) is 0 Å². The number of esters is 1. The Bertz CT molecular complexity index is 563. The highest BCUT2D eigenvalue weighted by Crippen LogP contribution is 2.12. The smallest absolute Gasteiger partial charge is 0.338 e. The second-order valence-corrected chi connectivity index (χ2v) is 5.04. The lowest BCUT2D eigenvalue weighted by Gasteiger charge is -2.05. The van der Waals surface area contributed by atoms with Gasteiger partial charge in [-0.3, -0.25) is 4.79 Å². The van der Waals surface area contributed by atoms with Crippen LogP contribution in [0, 0.1) is 0 Å². The van der Waals surface area contributed by atoms with Gasteiger partial charge in [0.25, 0.3) is 0 Å². The van der Waals surface area contributed by atoms with Gasteiger partial charge in [0.05, 0.1) is 5.56 Å². The molecule has 2 aromatic rings. The largest absolute Gasteiger partial charge is 0.454 e. The predicted octanol–water partition coefficient (Wildman–Crippen LogP) is 3.07. The molecule has 2 rings (SSSR count). The summed E-state index contributed by atoms with van der Waals surface area (Å²) in [5, 5.41) is 0. The van der Waals surface area contributed by atoms with Crippen LogP contribution in [0.15, 0.2) is 53.0 Å². The fourth-order valence-corrected chi connectivity index (χ4v) is 1.82. The summed E-state index contributed by atoms with van der Waals surface area (Å²) >= 11 is 3.29. The van der Waals surface area contributed by atoms with Gasteiger partial charge in [-0.2, -0.15) is 0 Å². The van der Waals surface area contributed by atoms with Crippen LogP contribution in [-0.2, 0) is 4.74 Å². The van der Waals surface area contributed by atoms with Crippen molar-refractivity contribution in [1.82, 2.24) is 0 Å². The van der Waals surface area contributed by atoms with E-state index in [1.165, 1.54) is 0 Å². The normalized spacial score (nSPS) is 10.1. The second kappa shape index (κ2) is 6.34. The molecule has 0 saturated heterocycles. The molecular formula is C15H12BrNO3. The van der Waals surface area contributed by atoms with Crippen LogP contribution < -0.4 is 5.73 Å². The quantitative estimate of drug-likeness (QED) is 0.530. The minimum atomic E-state index is -0.546. The van der Waals surface area contributed by atoms with Crippen LogP contribution in [0.3, 0.4) is 0 Å². The molecule has 0 aromatic heterocycles. The molecular weight excluding hydrogens is 322 g/mol. The SMILES string of the molecule is Nc1ccc(C(=O)OCC(=O)c2ccc(Br)cc2)cc1. The van der Waals surface area contributed by atoms with Gasteiger partial charge in [0.2, 0.25) is 0 Å². The molecule has 0 heterocycles. The fourth-order valence-electron chi connectivity index (χ4n) is 1.55. The van der Waals surface area contributed by atoms with Gasteiger partial charge in [0.15, 0.2) is 12.4 Å². The molecule has 0 radical (unpaired) electrons. The second-order valence-electron chi connectivity index (χ2n) is 4.13. The summed E-state index contributed by atoms with van der Waals surface area (Å²) < 4.78 is 5.86. The fraction of sp³-hybridized carbons (Fsp3) is 0.0667. The highest BCUT2D eigenvalue weighted by Gasteiger charge is 2.11. The van der Waals surface area contributed by atoms with E-state index in [4.69, 9.17) is 10.5 Å². The van der Waals surface area contributed by atoms with Crippen molar-refractivity contribution in [2.75, 3.05) is 12.3 Å². The minimum absolute atomic E-state index is 0.249. The van der Waals surface area contributed by atoms with E-state index in [0.29, 0.717) is 16.8 Å². The summed E-state index contributed by atoms with van der Waals surface area (Å²) in [6, 6.07) is 13.2. The highest BCUT2D eigenvalue weighted by molar-refractivity contribution is 9.10. The van der Waals surface area contributed by atoms with Crippen molar-refractivity contribution in [3.63, 3.8) is 0 Å². The Labute approximate surface area is 124 Å². The lowest BCUT2D eigenvalue weighted by molar-refractivity contribution is 0.0475. The highest BCUT2D eigenvalue weighted by atomic mass is 79.9. The van der Waals surface area contributed by atoms with Crippen LogP contribution >= 0.6 is 15.9 Å². The van der Waals surface area contributed by atoms with Crippen molar-refractivity contribution in [3.05, 3.63) is 64.1 Å². The van der Waals surface area contributed by atoms with Gasteiger partial charge in [0.1, 0.15) is 0 Å². The Morgan fingerprint density at radius 1 is 0.950 bits per heavy atom. The molecule has 0 amide bonds. The van der Waals surface area contributed by atoms with Gasteiger partial charge in [-0.25, -0.2) is 4.79 Å². The first-order valence-corrected chi connectivity index (χ1v) is 6.67. The van der Waals surface area contributed by atoms with Crippen molar-refractivity contribution < 1.29 is 14.3 Å². The van der Waals surface area contributed by atoms with E-state index in [9.17, 15) is 9.59 Å². The molecule has 2 aromatic carbocycles. The summed E-state index contributed by atoms with van der Waals surface area (Å²) in [6.45, 7) is -0.287. The first kappa shape index (κ1) is 14.3. The lowest BCUT2D eigenvalue weighted by atomic mass is 10.1. The molecule has 0 aliphatic rings. The first-order chi connectivity index (χ1) is 9.56. The molecule has 0 bridgehead atoms. The van der Waals surface area contributed by atoms with Crippen LogP contribution in [0.5, 0.6) is 0 Å². The molecule has 2 N–H and O–H groups in total. The number of hydrogen-bond donors (Lipinski definition) is 1. The standard InChI is InChI=1S/C15H12BrNO3/c16-12-5-1-10(2-6-12)14(18)9-20-15(19)11-3-7-13(17)8-4-11/h1-8H,9,17H2. The summed E-state index contributed by atoms with van der Waals surface area (Å²) in [4.78, 5) is 23.6. The van der Waals surface area contributed by atoms with Crippen molar-refractivity contribution >= 4 is 33.4 Å². The topological polar surface area (TPSA) is 69.4 Å². The number of ketones is 1. The first-order valence-electron chi connectivity index (χ1n) is 5.87. The molecule has 0 unspecified atom stereocenters. The number of ether oxygens (including phenoxy) is 1. The maximum absolute atomic E-state index is 11.8.